The maximum atomic E-state index is 12.3. The molecule has 2 amide bonds. The molecule has 1 aromatic heterocycles. The summed E-state index contributed by atoms with van der Waals surface area (Å²) in [6, 6.07) is -0.480. The summed E-state index contributed by atoms with van der Waals surface area (Å²) in [5.74, 6) is 1.60. The predicted molar refractivity (Wildman–Crippen MR) is 81.0 cm³/mol. The average molecular weight is 314 g/mol. The van der Waals surface area contributed by atoms with Gasteiger partial charge in [0.1, 0.15) is 6.04 Å². The van der Waals surface area contributed by atoms with Crippen LogP contribution in [0.3, 0.4) is 0 Å². The van der Waals surface area contributed by atoms with Crippen molar-refractivity contribution in [2.24, 2.45) is 0 Å². The van der Waals surface area contributed by atoms with Gasteiger partial charge in [-0.15, -0.1) is 0 Å². The van der Waals surface area contributed by atoms with Crippen LogP contribution in [-0.4, -0.2) is 58.5 Å². The van der Waals surface area contributed by atoms with E-state index in [2.05, 4.69) is 15.5 Å². The quantitative estimate of drug-likeness (QED) is 0.757. The van der Waals surface area contributed by atoms with Gasteiger partial charge in [-0.1, -0.05) is 5.16 Å². The SMILES string of the molecule is CSCC[C@H](NC(C)=O)C(=O)N(C)CCc1noc(C)n1. The number of thioether (sulfide) groups is 1. The van der Waals surface area contributed by atoms with Crippen LogP contribution in [0.25, 0.3) is 0 Å². The maximum absolute atomic E-state index is 12.3. The van der Waals surface area contributed by atoms with Crippen molar-refractivity contribution in [3.63, 3.8) is 0 Å². The third-order valence-electron chi connectivity index (χ3n) is 2.90. The summed E-state index contributed by atoms with van der Waals surface area (Å²) in [5.41, 5.74) is 0. The Morgan fingerprint density at radius 3 is 2.71 bits per heavy atom. The number of aromatic nitrogens is 2. The summed E-state index contributed by atoms with van der Waals surface area (Å²) in [7, 11) is 1.71. The van der Waals surface area contributed by atoms with Crippen molar-refractivity contribution in [1.29, 1.82) is 0 Å². The van der Waals surface area contributed by atoms with Crippen molar-refractivity contribution in [3.8, 4) is 0 Å². The smallest absolute Gasteiger partial charge is 0.244 e. The van der Waals surface area contributed by atoms with E-state index in [4.69, 9.17) is 4.52 Å². The molecule has 1 aromatic rings. The second kappa shape index (κ2) is 8.66. The average Bonchev–Trinajstić information content (AvgIpc) is 2.85. The topological polar surface area (TPSA) is 88.3 Å². The van der Waals surface area contributed by atoms with E-state index in [0.29, 0.717) is 31.1 Å². The summed E-state index contributed by atoms with van der Waals surface area (Å²) in [4.78, 5) is 29.2. The molecule has 0 aromatic carbocycles. The fourth-order valence-corrected chi connectivity index (χ4v) is 2.30. The molecule has 0 bridgehead atoms. The van der Waals surface area contributed by atoms with Gasteiger partial charge in [0.25, 0.3) is 0 Å². The van der Waals surface area contributed by atoms with Crippen molar-refractivity contribution in [1.82, 2.24) is 20.4 Å². The first-order valence-electron chi connectivity index (χ1n) is 6.74. The number of amides is 2. The molecule has 0 fully saturated rings. The lowest BCUT2D eigenvalue weighted by Crippen LogP contribution is -2.47. The Morgan fingerprint density at radius 2 is 2.19 bits per heavy atom. The van der Waals surface area contributed by atoms with E-state index >= 15 is 0 Å². The molecule has 0 saturated heterocycles. The molecule has 8 heteroatoms. The molecular formula is C13H22N4O3S. The number of hydrogen-bond donors (Lipinski definition) is 1. The van der Waals surface area contributed by atoms with Gasteiger partial charge in [0, 0.05) is 33.9 Å². The van der Waals surface area contributed by atoms with Crippen LogP contribution in [-0.2, 0) is 16.0 Å². The zero-order chi connectivity index (χ0) is 15.8. The van der Waals surface area contributed by atoms with Crippen LogP contribution in [0, 0.1) is 6.92 Å². The molecule has 7 nitrogen and oxygen atoms in total. The number of likely N-dealkylation sites (N-methyl/N-ethyl adjacent to an activating group) is 1. The molecular weight excluding hydrogens is 292 g/mol. The summed E-state index contributed by atoms with van der Waals surface area (Å²) >= 11 is 1.64. The van der Waals surface area contributed by atoms with Crippen LogP contribution < -0.4 is 5.32 Å². The van der Waals surface area contributed by atoms with Crippen LogP contribution in [0.15, 0.2) is 4.52 Å². The van der Waals surface area contributed by atoms with E-state index in [0.717, 1.165) is 5.75 Å². The van der Waals surface area contributed by atoms with Gasteiger partial charge in [-0.2, -0.15) is 16.7 Å². The van der Waals surface area contributed by atoms with Crippen molar-refractivity contribution in [2.45, 2.75) is 32.7 Å². The number of carbonyl (C=O) groups excluding carboxylic acids is 2. The zero-order valence-corrected chi connectivity index (χ0v) is 13.7. The molecule has 0 saturated carbocycles. The molecule has 0 aliphatic rings. The van der Waals surface area contributed by atoms with Crippen LogP contribution in [0.1, 0.15) is 25.1 Å². The molecule has 1 heterocycles. The first-order chi connectivity index (χ1) is 9.93. The molecule has 0 unspecified atom stereocenters. The molecule has 1 rings (SSSR count). The largest absolute Gasteiger partial charge is 0.345 e. The highest BCUT2D eigenvalue weighted by Crippen LogP contribution is 2.05. The lowest BCUT2D eigenvalue weighted by molar-refractivity contribution is -0.135. The highest BCUT2D eigenvalue weighted by molar-refractivity contribution is 7.98. The van der Waals surface area contributed by atoms with Crippen LogP contribution in [0.4, 0.5) is 0 Å². The third-order valence-corrected chi connectivity index (χ3v) is 3.55. The Kier molecular flexibility index (Phi) is 7.21. The molecule has 21 heavy (non-hydrogen) atoms. The minimum absolute atomic E-state index is 0.0977. The van der Waals surface area contributed by atoms with Crippen molar-refractivity contribution < 1.29 is 14.1 Å². The first-order valence-corrected chi connectivity index (χ1v) is 8.13. The van der Waals surface area contributed by atoms with E-state index < -0.39 is 6.04 Å². The second-order valence-corrected chi connectivity index (χ2v) is 5.76. The van der Waals surface area contributed by atoms with Gasteiger partial charge < -0.3 is 14.7 Å². The van der Waals surface area contributed by atoms with E-state index in [-0.39, 0.29) is 11.8 Å². The van der Waals surface area contributed by atoms with Gasteiger partial charge in [-0.05, 0) is 18.4 Å². The van der Waals surface area contributed by atoms with Crippen LogP contribution in [0.2, 0.25) is 0 Å². The molecule has 0 spiro atoms. The normalized spacial score (nSPS) is 12.0. The lowest BCUT2D eigenvalue weighted by atomic mass is 10.2. The Bertz CT molecular complexity index is 478. The van der Waals surface area contributed by atoms with Gasteiger partial charge in [0.15, 0.2) is 5.82 Å². The Hall–Kier alpha value is -1.57. The zero-order valence-electron chi connectivity index (χ0n) is 12.9. The Morgan fingerprint density at radius 1 is 1.48 bits per heavy atom. The number of rotatable bonds is 8. The first kappa shape index (κ1) is 17.5. The second-order valence-electron chi connectivity index (χ2n) is 4.77. The van der Waals surface area contributed by atoms with Crippen molar-refractivity contribution in [2.75, 3.05) is 25.6 Å². The van der Waals surface area contributed by atoms with Crippen LogP contribution >= 0.6 is 11.8 Å². The van der Waals surface area contributed by atoms with Crippen molar-refractivity contribution in [3.05, 3.63) is 11.7 Å². The number of nitrogens with one attached hydrogen (secondary N) is 1. The molecule has 1 atom stereocenters. The minimum atomic E-state index is -0.480. The van der Waals surface area contributed by atoms with Gasteiger partial charge >= 0.3 is 0 Å². The minimum Gasteiger partial charge on any atom is -0.345 e. The fraction of sp³-hybridized carbons (Fsp3) is 0.692. The number of carbonyl (C=O) groups is 2. The highest BCUT2D eigenvalue weighted by atomic mass is 32.2. The van der Waals surface area contributed by atoms with E-state index in [9.17, 15) is 9.59 Å². The monoisotopic (exact) mass is 314 g/mol. The Balaban J connectivity index is 2.53. The fourth-order valence-electron chi connectivity index (χ4n) is 1.83. The summed E-state index contributed by atoms with van der Waals surface area (Å²) in [6.45, 7) is 3.62. The summed E-state index contributed by atoms with van der Waals surface area (Å²) in [5, 5.41) is 6.50. The molecule has 118 valence electrons. The lowest BCUT2D eigenvalue weighted by Gasteiger charge is -2.23. The molecule has 0 radical (unpaired) electrons. The summed E-state index contributed by atoms with van der Waals surface area (Å²) < 4.78 is 4.89. The standard InChI is InChI=1S/C13H22N4O3S/c1-9(18)14-11(6-8-21-4)13(19)17(3)7-5-12-15-10(2)20-16-12/h11H,5-8H2,1-4H3,(H,14,18)/t11-/m0/s1. The van der Waals surface area contributed by atoms with Crippen LogP contribution in [0.5, 0.6) is 0 Å². The third kappa shape index (κ3) is 6.16. The highest BCUT2D eigenvalue weighted by Gasteiger charge is 2.22. The van der Waals surface area contributed by atoms with E-state index in [1.165, 1.54) is 6.92 Å². The number of aryl methyl sites for hydroxylation is 1. The van der Waals surface area contributed by atoms with Gasteiger partial charge in [0.2, 0.25) is 17.7 Å². The number of nitrogens with zero attached hydrogens (tertiary/aromatic N) is 3. The molecule has 1 N–H and O–H groups in total. The van der Waals surface area contributed by atoms with Gasteiger partial charge in [-0.3, -0.25) is 9.59 Å². The van der Waals surface area contributed by atoms with Crippen molar-refractivity contribution >= 4 is 23.6 Å². The van der Waals surface area contributed by atoms with E-state index in [1.807, 2.05) is 6.26 Å². The Labute approximate surface area is 128 Å². The number of hydrogen-bond acceptors (Lipinski definition) is 6. The molecule has 0 aliphatic heterocycles. The summed E-state index contributed by atoms with van der Waals surface area (Å²) in [6.07, 6.45) is 3.11. The predicted octanol–water partition coefficient (Wildman–Crippen LogP) is 0.637. The molecule has 0 aliphatic carbocycles. The van der Waals surface area contributed by atoms with Gasteiger partial charge in [-0.25, -0.2) is 0 Å². The maximum Gasteiger partial charge on any atom is 0.244 e. The van der Waals surface area contributed by atoms with E-state index in [1.54, 1.807) is 30.6 Å². The van der Waals surface area contributed by atoms with Gasteiger partial charge in [0.05, 0.1) is 0 Å².